The van der Waals surface area contributed by atoms with E-state index in [-0.39, 0.29) is 18.4 Å². The number of anilines is 2. The molecule has 0 saturated carbocycles. The van der Waals surface area contributed by atoms with Crippen molar-refractivity contribution in [1.29, 1.82) is 0 Å². The minimum Gasteiger partial charge on any atom is -0.372 e. The molecule has 1 aliphatic heterocycles. The van der Waals surface area contributed by atoms with Crippen LogP contribution in [0.3, 0.4) is 0 Å². The predicted molar refractivity (Wildman–Crippen MR) is 118 cm³/mol. The third-order valence-electron chi connectivity index (χ3n) is 5.73. The Morgan fingerprint density at radius 1 is 1.07 bits per heavy atom. The largest absolute Gasteiger partial charge is 0.372 e. The summed E-state index contributed by atoms with van der Waals surface area (Å²) in [4.78, 5) is 28.5. The number of hydrogen-bond donors (Lipinski definition) is 1. The fraction of sp³-hybridized carbons (Fsp3) is 0.417. The second kappa shape index (κ2) is 9.59. The molecule has 2 amide bonds. The first-order valence-corrected chi connectivity index (χ1v) is 10.4. The molecule has 2 aromatic carbocycles. The Morgan fingerprint density at radius 3 is 2.34 bits per heavy atom. The van der Waals surface area contributed by atoms with Gasteiger partial charge in [-0.2, -0.15) is 0 Å². The Morgan fingerprint density at radius 2 is 1.72 bits per heavy atom. The lowest BCUT2D eigenvalue weighted by molar-refractivity contribution is -0.123. The van der Waals surface area contributed by atoms with Crippen LogP contribution in [-0.2, 0) is 16.1 Å². The Bertz CT molecular complexity index is 839. The van der Waals surface area contributed by atoms with E-state index >= 15 is 0 Å². The van der Waals surface area contributed by atoms with Crippen molar-refractivity contribution in [1.82, 2.24) is 5.32 Å². The topological polar surface area (TPSA) is 52.7 Å². The maximum atomic E-state index is 12.4. The van der Waals surface area contributed by atoms with Crippen LogP contribution in [0.2, 0.25) is 0 Å². The summed E-state index contributed by atoms with van der Waals surface area (Å²) in [5.74, 6) is 0.477. The molecule has 0 atom stereocenters. The monoisotopic (exact) mass is 393 g/mol. The van der Waals surface area contributed by atoms with Crippen molar-refractivity contribution in [3.05, 3.63) is 59.7 Å². The first-order valence-electron chi connectivity index (χ1n) is 10.4. The summed E-state index contributed by atoms with van der Waals surface area (Å²) < 4.78 is 0. The third-order valence-corrected chi connectivity index (χ3v) is 5.73. The molecule has 1 N–H and O–H groups in total. The third kappa shape index (κ3) is 5.59. The maximum Gasteiger partial charge on any atom is 0.240 e. The van der Waals surface area contributed by atoms with E-state index in [0.29, 0.717) is 6.54 Å². The lowest BCUT2D eigenvalue weighted by Crippen LogP contribution is -2.39. The summed E-state index contributed by atoms with van der Waals surface area (Å²) in [5.41, 5.74) is 4.14. The predicted octanol–water partition coefficient (Wildman–Crippen LogP) is 3.90. The summed E-state index contributed by atoms with van der Waals surface area (Å²) in [5, 5.41) is 2.92. The Labute approximate surface area is 173 Å². The van der Waals surface area contributed by atoms with Crippen LogP contribution in [0.1, 0.15) is 37.8 Å². The fourth-order valence-corrected chi connectivity index (χ4v) is 3.70. The van der Waals surface area contributed by atoms with Crippen LogP contribution in [0.5, 0.6) is 0 Å². The molecule has 0 spiro atoms. The number of nitrogens with zero attached hydrogens (tertiary/aromatic N) is 2. The van der Waals surface area contributed by atoms with E-state index in [1.54, 1.807) is 0 Å². The van der Waals surface area contributed by atoms with Crippen LogP contribution in [0.25, 0.3) is 0 Å². The van der Waals surface area contributed by atoms with Crippen LogP contribution in [-0.4, -0.2) is 31.4 Å². The molecule has 1 fully saturated rings. The van der Waals surface area contributed by atoms with Gasteiger partial charge < -0.3 is 15.1 Å². The molecule has 0 bridgehead atoms. The van der Waals surface area contributed by atoms with Gasteiger partial charge in [0.15, 0.2) is 0 Å². The molecule has 1 heterocycles. The number of carbonyl (C=O) groups excluding carboxylic acids is 2. The number of piperidine rings is 1. The Kier molecular flexibility index (Phi) is 6.91. The molecule has 0 radical (unpaired) electrons. The normalized spacial score (nSPS) is 14.5. The molecule has 5 heteroatoms. The zero-order chi connectivity index (χ0) is 20.8. The van der Waals surface area contributed by atoms with Crippen molar-refractivity contribution in [3.63, 3.8) is 0 Å². The second-order valence-electron chi connectivity index (χ2n) is 7.99. The van der Waals surface area contributed by atoms with Crippen LogP contribution in [0, 0.1) is 12.8 Å². The molecule has 5 nitrogen and oxygen atoms in total. The number of rotatable bonds is 6. The minimum atomic E-state index is -0.169. The highest BCUT2D eigenvalue weighted by Gasteiger charge is 2.18. The van der Waals surface area contributed by atoms with Crippen LogP contribution in [0.4, 0.5) is 11.4 Å². The van der Waals surface area contributed by atoms with Crippen molar-refractivity contribution in [2.24, 2.45) is 5.92 Å². The van der Waals surface area contributed by atoms with E-state index in [2.05, 4.69) is 17.1 Å². The molecule has 29 heavy (non-hydrogen) atoms. The number of aryl methyl sites for hydroxylation is 1. The summed E-state index contributed by atoms with van der Waals surface area (Å²) >= 11 is 0. The van der Waals surface area contributed by atoms with Gasteiger partial charge in [0, 0.05) is 37.9 Å². The van der Waals surface area contributed by atoms with Crippen LogP contribution in [0.15, 0.2) is 48.5 Å². The molecular formula is C24H31N3O2. The van der Waals surface area contributed by atoms with Gasteiger partial charge in [0.05, 0.1) is 0 Å². The van der Waals surface area contributed by atoms with Crippen molar-refractivity contribution in [2.75, 3.05) is 29.4 Å². The van der Waals surface area contributed by atoms with Gasteiger partial charge in [0.25, 0.3) is 0 Å². The fourth-order valence-electron chi connectivity index (χ4n) is 3.70. The van der Waals surface area contributed by atoms with Gasteiger partial charge in [-0.15, -0.1) is 0 Å². The highest BCUT2D eigenvalue weighted by atomic mass is 16.2. The molecule has 0 aromatic heterocycles. The summed E-state index contributed by atoms with van der Waals surface area (Å²) in [6.45, 7) is 8.43. The minimum absolute atomic E-state index is 0.0157. The molecule has 0 aliphatic carbocycles. The smallest absolute Gasteiger partial charge is 0.240 e. The van der Waals surface area contributed by atoms with Gasteiger partial charge >= 0.3 is 0 Å². The van der Waals surface area contributed by atoms with Gasteiger partial charge in [-0.1, -0.05) is 31.2 Å². The van der Waals surface area contributed by atoms with Gasteiger partial charge in [-0.25, -0.2) is 0 Å². The Balaban J connectivity index is 1.61. The van der Waals surface area contributed by atoms with Gasteiger partial charge in [-0.05, 0) is 61.1 Å². The average molecular weight is 394 g/mol. The van der Waals surface area contributed by atoms with Crippen LogP contribution < -0.4 is 15.1 Å². The van der Waals surface area contributed by atoms with E-state index < -0.39 is 0 Å². The maximum absolute atomic E-state index is 12.4. The van der Waals surface area contributed by atoms with Gasteiger partial charge in [0.1, 0.15) is 6.54 Å². The molecular weight excluding hydrogens is 362 g/mol. The van der Waals surface area contributed by atoms with Gasteiger partial charge in [-0.3, -0.25) is 9.59 Å². The molecule has 0 unspecified atom stereocenters. The van der Waals surface area contributed by atoms with Crippen molar-refractivity contribution in [2.45, 2.75) is 40.2 Å². The van der Waals surface area contributed by atoms with E-state index in [0.717, 1.165) is 35.8 Å². The average Bonchev–Trinajstić information content (AvgIpc) is 2.72. The first-order chi connectivity index (χ1) is 13.9. The number of nitrogens with one attached hydrogen (secondary N) is 1. The van der Waals surface area contributed by atoms with Gasteiger partial charge in [0.2, 0.25) is 11.8 Å². The highest BCUT2D eigenvalue weighted by molar-refractivity contribution is 5.97. The molecule has 2 aromatic rings. The van der Waals surface area contributed by atoms with E-state index in [1.165, 1.54) is 30.4 Å². The highest BCUT2D eigenvalue weighted by Crippen LogP contribution is 2.25. The molecule has 154 valence electrons. The number of benzene rings is 2. The number of carbonyl (C=O) groups is 2. The SMILES string of the molecule is CC(=O)N(CC(=O)NCc1ccccc1C)c1ccc(N2CCC(C)CC2)cc1. The zero-order valence-electron chi connectivity index (χ0n) is 17.6. The number of hydrogen-bond acceptors (Lipinski definition) is 3. The van der Waals surface area contributed by atoms with E-state index in [4.69, 9.17) is 0 Å². The van der Waals surface area contributed by atoms with E-state index in [9.17, 15) is 9.59 Å². The molecule has 1 aliphatic rings. The lowest BCUT2D eigenvalue weighted by atomic mass is 9.99. The summed E-state index contributed by atoms with van der Waals surface area (Å²) in [6.07, 6.45) is 2.42. The lowest BCUT2D eigenvalue weighted by Gasteiger charge is -2.32. The van der Waals surface area contributed by atoms with Crippen molar-refractivity contribution >= 4 is 23.2 Å². The van der Waals surface area contributed by atoms with E-state index in [1.807, 2.05) is 55.5 Å². The molecule has 1 saturated heterocycles. The first kappa shape index (κ1) is 20.9. The number of amides is 2. The second-order valence-corrected chi connectivity index (χ2v) is 7.99. The zero-order valence-corrected chi connectivity index (χ0v) is 17.6. The summed E-state index contributed by atoms with van der Waals surface area (Å²) in [6, 6.07) is 15.9. The summed E-state index contributed by atoms with van der Waals surface area (Å²) in [7, 11) is 0. The molecule has 3 rings (SSSR count). The van der Waals surface area contributed by atoms with Crippen molar-refractivity contribution < 1.29 is 9.59 Å². The van der Waals surface area contributed by atoms with Crippen molar-refractivity contribution in [3.8, 4) is 0 Å². The van der Waals surface area contributed by atoms with Crippen LogP contribution >= 0.6 is 0 Å². The quantitative estimate of drug-likeness (QED) is 0.810. The standard InChI is InChI=1S/C24H31N3O2/c1-18-12-14-26(15-13-18)22-8-10-23(11-9-22)27(20(3)28)17-24(29)25-16-21-7-5-4-6-19(21)2/h4-11,18H,12-17H2,1-3H3,(H,25,29). The Hall–Kier alpha value is -2.82.